The van der Waals surface area contributed by atoms with E-state index in [9.17, 15) is 0 Å². The van der Waals surface area contributed by atoms with Gasteiger partial charge in [0.15, 0.2) is 0 Å². The first kappa shape index (κ1) is 14.0. The summed E-state index contributed by atoms with van der Waals surface area (Å²) in [5.41, 5.74) is 0. The van der Waals surface area contributed by atoms with Gasteiger partial charge in [-0.2, -0.15) is 0 Å². The summed E-state index contributed by atoms with van der Waals surface area (Å²) in [6.45, 7) is 12.1. The van der Waals surface area contributed by atoms with Crippen LogP contribution in [0.1, 0.15) is 53.4 Å². The van der Waals surface area contributed by atoms with E-state index in [1.807, 2.05) is 0 Å². The zero-order valence-electron chi connectivity index (χ0n) is 12.0. The van der Waals surface area contributed by atoms with Crippen LogP contribution in [0.2, 0.25) is 0 Å². The molecule has 0 aliphatic carbocycles. The van der Waals surface area contributed by atoms with Gasteiger partial charge in [0.1, 0.15) is 0 Å². The fourth-order valence-electron chi connectivity index (χ4n) is 3.19. The molecule has 16 heavy (non-hydrogen) atoms. The highest BCUT2D eigenvalue weighted by Crippen LogP contribution is 2.33. The van der Waals surface area contributed by atoms with Crippen molar-refractivity contribution in [1.82, 2.24) is 4.90 Å². The van der Waals surface area contributed by atoms with Gasteiger partial charge in [0.25, 0.3) is 0 Å². The van der Waals surface area contributed by atoms with Crippen molar-refractivity contribution in [3.63, 3.8) is 0 Å². The van der Waals surface area contributed by atoms with Gasteiger partial charge in [-0.05, 0) is 69.5 Å². The van der Waals surface area contributed by atoms with Crippen molar-refractivity contribution in [2.75, 3.05) is 20.1 Å². The second kappa shape index (κ2) is 6.64. The highest BCUT2D eigenvalue weighted by atomic mass is 15.1. The molecule has 0 amide bonds. The highest BCUT2D eigenvalue weighted by Gasteiger charge is 2.26. The maximum absolute atomic E-state index is 2.48. The number of hydrogen-bond acceptors (Lipinski definition) is 1. The van der Waals surface area contributed by atoms with Crippen molar-refractivity contribution < 1.29 is 0 Å². The fraction of sp³-hybridized carbons (Fsp3) is 1.00. The van der Waals surface area contributed by atoms with E-state index < -0.39 is 0 Å². The third kappa shape index (κ3) is 4.86. The Morgan fingerprint density at radius 2 is 1.38 bits per heavy atom. The third-order valence-corrected chi connectivity index (χ3v) is 3.98. The van der Waals surface area contributed by atoms with Gasteiger partial charge in [0.2, 0.25) is 0 Å². The maximum Gasteiger partial charge on any atom is -0.00190 e. The highest BCUT2D eigenvalue weighted by molar-refractivity contribution is 4.78. The lowest BCUT2D eigenvalue weighted by molar-refractivity contribution is 0.141. The molecule has 0 bridgehead atoms. The Bertz CT molecular complexity index is 168. The van der Waals surface area contributed by atoms with E-state index >= 15 is 0 Å². The van der Waals surface area contributed by atoms with Crippen molar-refractivity contribution in [3.8, 4) is 0 Å². The fourth-order valence-corrected chi connectivity index (χ4v) is 3.19. The van der Waals surface area contributed by atoms with Crippen LogP contribution < -0.4 is 0 Å². The first-order valence-corrected chi connectivity index (χ1v) is 7.17. The van der Waals surface area contributed by atoms with Crippen LogP contribution >= 0.6 is 0 Å². The molecular weight excluding hydrogens is 194 g/mol. The van der Waals surface area contributed by atoms with Crippen molar-refractivity contribution in [2.24, 2.45) is 23.7 Å². The van der Waals surface area contributed by atoms with Crippen molar-refractivity contribution >= 4 is 0 Å². The molecule has 0 aromatic heterocycles. The van der Waals surface area contributed by atoms with Gasteiger partial charge < -0.3 is 4.90 Å². The first-order valence-electron chi connectivity index (χ1n) is 7.17. The normalized spacial score (nSPS) is 20.2. The summed E-state index contributed by atoms with van der Waals surface area (Å²) < 4.78 is 0. The molecule has 0 unspecified atom stereocenters. The number of likely N-dealkylation sites (tertiary alicyclic amines) is 1. The van der Waals surface area contributed by atoms with Gasteiger partial charge in [0.05, 0.1) is 0 Å². The summed E-state index contributed by atoms with van der Waals surface area (Å²) in [7, 11) is 2.26. The molecule has 1 fully saturated rings. The minimum atomic E-state index is 0.864. The Hall–Kier alpha value is -0.0400. The number of rotatable bonds is 5. The van der Waals surface area contributed by atoms with Crippen LogP contribution in [0, 0.1) is 23.7 Å². The molecule has 0 saturated carbocycles. The van der Waals surface area contributed by atoms with Gasteiger partial charge >= 0.3 is 0 Å². The minimum absolute atomic E-state index is 0.864. The smallest absolute Gasteiger partial charge is 0.00190 e. The second-order valence-corrected chi connectivity index (χ2v) is 6.66. The van der Waals surface area contributed by atoms with Crippen molar-refractivity contribution in [1.29, 1.82) is 0 Å². The zero-order chi connectivity index (χ0) is 12.1. The predicted molar refractivity (Wildman–Crippen MR) is 72.6 cm³/mol. The molecule has 1 aliphatic heterocycles. The number of piperidine rings is 1. The van der Waals surface area contributed by atoms with Crippen LogP contribution in [0.5, 0.6) is 0 Å². The third-order valence-electron chi connectivity index (χ3n) is 3.98. The van der Waals surface area contributed by atoms with Gasteiger partial charge in [0, 0.05) is 0 Å². The standard InChI is InChI=1S/C15H31N/c1-12(2)10-15(11-13(3)4)14-6-8-16(5)9-7-14/h12-15H,6-11H2,1-5H3. The van der Waals surface area contributed by atoms with Crippen molar-refractivity contribution in [3.05, 3.63) is 0 Å². The van der Waals surface area contributed by atoms with Crippen molar-refractivity contribution in [2.45, 2.75) is 53.4 Å². The Morgan fingerprint density at radius 3 is 1.75 bits per heavy atom. The van der Waals surface area contributed by atoms with E-state index in [1.165, 1.54) is 38.8 Å². The largest absolute Gasteiger partial charge is 0.306 e. The Balaban J connectivity index is 2.47. The molecular formula is C15H31N. The quantitative estimate of drug-likeness (QED) is 0.682. The lowest BCUT2D eigenvalue weighted by atomic mass is 9.76. The van der Waals surface area contributed by atoms with E-state index in [2.05, 4.69) is 39.6 Å². The molecule has 1 aliphatic rings. The summed E-state index contributed by atoms with van der Waals surface area (Å²) in [4.78, 5) is 2.48. The minimum Gasteiger partial charge on any atom is -0.306 e. The molecule has 0 aromatic rings. The van der Waals surface area contributed by atoms with Gasteiger partial charge in [-0.25, -0.2) is 0 Å². The lowest BCUT2D eigenvalue weighted by Crippen LogP contribution is -2.34. The van der Waals surface area contributed by atoms with E-state index in [-0.39, 0.29) is 0 Å². The van der Waals surface area contributed by atoms with Gasteiger partial charge in [-0.3, -0.25) is 0 Å². The van der Waals surface area contributed by atoms with E-state index in [0.717, 1.165) is 23.7 Å². The molecule has 0 spiro atoms. The molecule has 0 aromatic carbocycles. The summed E-state index contributed by atoms with van der Waals surface area (Å²) >= 11 is 0. The number of hydrogen-bond donors (Lipinski definition) is 0. The number of nitrogens with zero attached hydrogens (tertiary/aromatic N) is 1. The molecule has 1 rings (SSSR count). The van der Waals surface area contributed by atoms with E-state index in [1.54, 1.807) is 0 Å². The Labute approximate surface area is 103 Å². The van der Waals surface area contributed by atoms with Gasteiger partial charge in [-0.1, -0.05) is 27.7 Å². The predicted octanol–water partition coefficient (Wildman–Crippen LogP) is 4.04. The summed E-state index contributed by atoms with van der Waals surface area (Å²) in [5, 5.41) is 0. The molecule has 1 nitrogen and oxygen atoms in total. The Morgan fingerprint density at radius 1 is 0.938 bits per heavy atom. The molecule has 1 heterocycles. The summed E-state index contributed by atoms with van der Waals surface area (Å²) in [5.74, 6) is 3.71. The Kier molecular flexibility index (Phi) is 5.82. The molecule has 0 atom stereocenters. The second-order valence-electron chi connectivity index (χ2n) is 6.66. The molecule has 0 radical (unpaired) electrons. The summed E-state index contributed by atoms with van der Waals surface area (Å²) in [6, 6.07) is 0. The van der Waals surface area contributed by atoms with Crippen LogP contribution in [0.3, 0.4) is 0 Å². The average Bonchev–Trinajstić information content (AvgIpc) is 2.16. The maximum atomic E-state index is 2.48. The topological polar surface area (TPSA) is 3.24 Å². The lowest BCUT2D eigenvalue weighted by Gasteiger charge is -2.36. The van der Waals surface area contributed by atoms with Crippen LogP contribution in [-0.4, -0.2) is 25.0 Å². The van der Waals surface area contributed by atoms with Crippen LogP contribution in [0.25, 0.3) is 0 Å². The molecule has 96 valence electrons. The van der Waals surface area contributed by atoms with E-state index in [0.29, 0.717) is 0 Å². The van der Waals surface area contributed by atoms with Crippen LogP contribution in [-0.2, 0) is 0 Å². The molecule has 1 heteroatoms. The molecule has 1 saturated heterocycles. The van der Waals surface area contributed by atoms with Gasteiger partial charge in [-0.15, -0.1) is 0 Å². The summed E-state index contributed by atoms with van der Waals surface area (Å²) in [6.07, 6.45) is 5.74. The van der Waals surface area contributed by atoms with Crippen LogP contribution in [0.4, 0.5) is 0 Å². The average molecular weight is 225 g/mol. The first-order chi connectivity index (χ1) is 7.49. The van der Waals surface area contributed by atoms with Crippen LogP contribution in [0.15, 0.2) is 0 Å². The zero-order valence-corrected chi connectivity index (χ0v) is 12.0. The van der Waals surface area contributed by atoms with E-state index in [4.69, 9.17) is 0 Å². The SMILES string of the molecule is CC(C)CC(CC(C)C)C1CCN(C)CC1. The monoisotopic (exact) mass is 225 g/mol. The molecule has 0 N–H and O–H groups in total.